The summed E-state index contributed by atoms with van der Waals surface area (Å²) in [5, 5.41) is 0. The number of hydrogen-bond acceptors (Lipinski definition) is 6. The van der Waals surface area contributed by atoms with Gasteiger partial charge in [-0.25, -0.2) is 0 Å². The second-order valence-electron chi connectivity index (χ2n) is 21.6. The summed E-state index contributed by atoms with van der Waals surface area (Å²) < 4.78 is 16.9. The molecule has 3 atom stereocenters. The van der Waals surface area contributed by atoms with E-state index in [0.717, 1.165) is 75.5 Å². The van der Waals surface area contributed by atoms with E-state index in [1.54, 1.807) is 0 Å². The monoisotopic (exact) mass is 933 g/mol. The van der Waals surface area contributed by atoms with Crippen LogP contribution in [0.5, 0.6) is 0 Å². The Kier molecular flexibility index (Phi) is 50.0. The van der Waals surface area contributed by atoms with Crippen molar-refractivity contribution in [3.63, 3.8) is 0 Å². The van der Waals surface area contributed by atoms with Crippen LogP contribution in [0.2, 0.25) is 0 Å². The van der Waals surface area contributed by atoms with Gasteiger partial charge in [-0.1, -0.05) is 292 Å². The minimum atomic E-state index is -0.764. The molecule has 0 aromatic carbocycles. The third-order valence-electron chi connectivity index (χ3n) is 14.4. The fraction of sp³-hybridized carbons (Fsp3) is 0.950. The van der Waals surface area contributed by atoms with Gasteiger partial charge in [0.1, 0.15) is 13.2 Å². The van der Waals surface area contributed by atoms with Crippen LogP contribution in [-0.2, 0) is 28.6 Å². The summed E-state index contributed by atoms with van der Waals surface area (Å²) in [7, 11) is 0. The van der Waals surface area contributed by atoms with Crippen molar-refractivity contribution < 1.29 is 28.6 Å². The van der Waals surface area contributed by atoms with Crippen LogP contribution < -0.4 is 0 Å². The SMILES string of the molecule is CCC(C)CCCCCCCCCCCCCCCCCCCCC(=O)OC[C@@H](COC(=O)CCCCCCCCCCCCCCCC(C)C)OC(=O)CCCCCCCCC(C)CC. The third-order valence-corrected chi connectivity index (χ3v) is 14.4. The number of ether oxygens (including phenoxy) is 3. The molecule has 0 heterocycles. The molecule has 0 N–H and O–H groups in total. The van der Waals surface area contributed by atoms with Crippen LogP contribution >= 0.6 is 0 Å². The van der Waals surface area contributed by atoms with Gasteiger partial charge >= 0.3 is 17.9 Å². The minimum absolute atomic E-state index is 0.0644. The molecule has 0 spiro atoms. The molecule has 6 nitrogen and oxygen atoms in total. The van der Waals surface area contributed by atoms with E-state index in [1.807, 2.05) is 0 Å². The number of hydrogen-bond donors (Lipinski definition) is 0. The molecule has 0 amide bonds. The van der Waals surface area contributed by atoms with Gasteiger partial charge in [0.25, 0.3) is 0 Å². The Bertz CT molecular complexity index is 1030. The largest absolute Gasteiger partial charge is 0.462 e. The minimum Gasteiger partial charge on any atom is -0.462 e. The van der Waals surface area contributed by atoms with Crippen LogP contribution in [0.1, 0.15) is 330 Å². The summed E-state index contributed by atoms with van der Waals surface area (Å²) in [6.45, 7) is 13.8. The maximum absolute atomic E-state index is 12.8. The van der Waals surface area contributed by atoms with Crippen LogP contribution in [0.15, 0.2) is 0 Å². The van der Waals surface area contributed by atoms with Gasteiger partial charge in [-0.2, -0.15) is 0 Å². The summed E-state index contributed by atoms with van der Waals surface area (Å²) in [6.07, 6.45) is 53.9. The quantitative estimate of drug-likeness (QED) is 0.0343. The van der Waals surface area contributed by atoms with Gasteiger partial charge in [-0.3, -0.25) is 14.4 Å². The Morgan fingerprint density at radius 1 is 0.303 bits per heavy atom. The number of rotatable bonds is 53. The number of unbranched alkanes of at least 4 members (excludes halogenated alkanes) is 34. The summed E-state index contributed by atoms with van der Waals surface area (Å²) in [6, 6.07) is 0. The van der Waals surface area contributed by atoms with Gasteiger partial charge in [0.05, 0.1) is 0 Å². The first-order valence-corrected chi connectivity index (χ1v) is 29.7. The lowest BCUT2D eigenvalue weighted by Gasteiger charge is -2.18. The molecule has 0 rings (SSSR count). The highest BCUT2D eigenvalue weighted by molar-refractivity contribution is 5.71. The molecule has 2 unspecified atom stereocenters. The number of carbonyl (C=O) groups is 3. The first kappa shape index (κ1) is 64.4. The number of carbonyl (C=O) groups excluding carboxylic acids is 3. The average molecular weight is 934 g/mol. The van der Waals surface area contributed by atoms with Crippen molar-refractivity contribution in [1.29, 1.82) is 0 Å². The first-order chi connectivity index (χ1) is 32.2. The average Bonchev–Trinajstić information content (AvgIpc) is 3.30. The Balaban J connectivity index is 4.19. The highest BCUT2D eigenvalue weighted by Crippen LogP contribution is 2.19. The van der Waals surface area contributed by atoms with Gasteiger partial charge in [0.2, 0.25) is 0 Å². The Morgan fingerprint density at radius 3 is 0.788 bits per heavy atom. The zero-order valence-electron chi connectivity index (χ0n) is 45.5. The standard InChI is InChI=1S/C60H116O6/c1-7-55(5)47-41-35-29-25-21-17-13-11-9-10-12-14-18-22-26-30-37-43-49-58(61)64-52-57(66-60(63)51-45-39-33-32-36-42-48-56(6)8-2)53-65-59(62)50-44-38-31-27-23-19-15-16-20-24-28-34-40-46-54(3)4/h54-57H,7-53H2,1-6H3/t55?,56?,57-/m0/s1. The molecule has 0 aliphatic carbocycles. The van der Waals surface area contributed by atoms with Gasteiger partial charge in [-0.05, 0) is 37.0 Å². The van der Waals surface area contributed by atoms with Crippen molar-refractivity contribution in [2.75, 3.05) is 13.2 Å². The Labute approximate surface area is 412 Å². The van der Waals surface area contributed by atoms with Crippen LogP contribution in [0.3, 0.4) is 0 Å². The van der Waals surface area contributed by atoms with Crippen LogP contribution in [-0.4, -0.2) is 37.2 Å². The van der Waals surface area contributed by atoms with Gasteiger partial charge in [0.15, 0.2) is 6.10 Å². The molecule has 0 aromatic rings. The molecule has 392 valence electrons. The second-order valence-corrected chi connectivity index (χ2v) is 21.6. The lowest BCUT2D eigenvalue weighted by atomic mass is 9.99. The molecule has 0 aliphatic heterocycles. The van der Waals surface area contributed by atoms with E-state index in [-0.39, 0.29) is 31.1 Å². The zero-order chi connectivity index (χ0) is 48.4. The summed E-state index contributed by atoms with van der Waals surface area (Å²) in [5.41, 5.74) is 0. The lowest BCUT2D eigenvalue weighted by Crippen LogP contribution is -2.30. The van der Waals surface area contributed by atoms with E-state index in [0.29, 0.717) is 19.3 Å². The fourth-order valence-electron chi connectivity index (χ4n) is 9.11. The predicted molar refractivity (Wildman–Crippen MR) is 284 cm³/mol. The zero-order valence-corrected chi connectivity index (χ0v) is 45.5. The topological polar surface area (TPSA) is 78.9 Å². The summed E-state index contributed by atoms with van der Waals surface area (Å²) in [4.78, 5) is 38.1. The van der Waals surface area contributed by atoms with Gasteiger partial charge < -0.3 is 14.2 Å². The molecular weight excluding hydrogens is 817 g/mol. The highest BCUT2D eigenvalue weighted by Gasteiger charge is 2.19. The van der Waals surface area contributed by atoms with E-state index in [2.05, 4.69) is 41.5 Å². The predicted octanol–water partition coefficient (Wildman–Crippen LogP) is 19.5. The lowest BCUT2D eigenvalue weighted by molar-refractivity contribution is -0.167. The highest BCUT2D eigenvalue weighted by atomic mass is 16.6. The molecule has 66 heavy (non-hydrogen) atoms. The molecule has 0 radical (unpaired) electrons. The van der Waals surface area contributed by atoms with Crippen molar-refractivity contribution >= 4 is 17.9 Å². The van der Waals surface area contributed by atoms with Gasteiger partial charge in [0, 0.05) is 19.3 Å². The maximum atomic E-state index is 12.8. The van der Waals surface area contributed by atoms with Crippen molar-refractivity contribution in [2.45, 2.75) is 337 Å². The third kappa shape index (κ3) is 50.3. The van der Waals surface area contributed by atoms with E-state index in [9.17, 15) is 14.4 Å². The van der Waals surface area contributed by atoms with Crippen LogP contribution in [0.25, 0.3) is 0 Å². The number of esters is 3. The second kappa shape index (κ2) is 51.3. The van der Waals surface area contributed by atoms with Crippen molar-refractivity contribution in [1.82, 2.24) is 0 Å². The van der Waals surface area contributed by atoms with Crippen molar-refractivity contribution in [2.24, 2.45) is 17.8 Å². The molecule has 0 fully saturated rings. The molecular formula is C60H116O6. The van der Waals surface area contributed by atoms with Crippen LogP contribution in [0, 0.1) is 17.8 Å². The van der Waals surface area contributed by atoms with Gasteiger partial charge in [-0.15, -0.1) is 0 Å². The van der Waals surface area contributed by atoms with Crippen molar-refractivity contribution in [3.05, 3.63) is 0 Å². The van der Waals surface area contributed by atoms with Crippen molar-refractivity contribution in [3.8, 4) is 0 Å². The molecule has 0 saturated carbocycles. The maximum Gasteiger partial charge on any atom is 0.306 e. The van der Waals surface area contributed by atoms with E-state index >= 15 is 0 Å². The Morgan fingerprint density at radius 2 is 0.530 bits per heavy atom. The van der Waals surface area contributed by atoms with E-state index in [1.165, 1.54) is 212 Å². The van der Waals surface area contributed by atoms with E-state index in [4.69, 9.17) is 14.2 Å². The van der Waals surface area contributed by atoms with Crippen LogP contribution in [0.4, 0.5) is 0 Å². The fourth-order valence-corrected chi connectivity index (χ4v) is 9.11. The smallest absolute Gasteiger partial charge is 0.306 e. The van der Waals surface area contributed by atoms with E-state index < -0.39 is 6.10 Å². The molecule has 0 aliphatic rings. The molecule has 0 saturated heterocycles. The molecule has 6 heteroatoms. The molecule has 0 bridgehead atoms. The normalized spacial score (nSPS) is 13.0. The first-order valence-electron chi connectivity index (χ1n) is 29.7. The Hall–Kier alpha value is -1.59. The summed E-state index contributed by atoms with van der Waals surface area (Å²) in [5.74, 6) is 1.71. The molecule has 0 aromatic heterocycles. The summed E-state index contributed by atoms with van der Waals surface area (Å²) >= 11 is 0.